The lowest BCUT2D eigenvalue weighted by atomic mass is 9.91. The summed E-state index contributed by atoms with van der Waals surface area (Å²) in [6.45, 7) is 3.59. The van der Waals surface area contributed by atoms with Crippen LogP contribution in [0.2, 0.25) is 0 Å². The first-order chi connectivity index (χ1) is 15.5. The van der Waals surface area contributed by atoms with Crippen molar-refractivity contribution < 1.29 is 19.4 Å². The van der Waals surface area contributed by atoms with Crippen LogP contribution in [0.4, 0.5) is 5.69 Å². The standard InChI is InChI=1S/C23H26N4O4S/c1-14-20(12-32-23-24-13-25-27-23)30-22(18-4-3-5-19(10-18)26-15(2)29)31-21(14)17-8-6-16(11-28)7-9-17/h3-10,13-14,20-22,28H,11-12H2,1-2H3,(H,26,29)(H,24,25,27)/t14-,20+,21+,22+/m1/s1. The molecule has 3 N–H and O–H groups in total. The van der Waals surface area contributed by atoms with Gasteiger partial charge in [-0.25, -0.2) is 4.98 Å². The highest BCUT2D eigenvalue weighted by Gasteiger charge is 2.38. The van der Waals surface area contributed by atoms with Crippen LogP contribution in [-0.2, 0) is 20.9 Å². The van der Waals surface area contributed by atoms with Gasteiger partial charge in [0.2, 0.25) is 5.91 Å². The highest BCUT2D eigenvalue weighted by molar-refractivity contribution is 7.99. The zero-order valence-corrected chi connectivity index (χ0v) is 18.7. The lowest BCUT2D eigenvalue weighted by molar-refractivity contribution is -0.268. The lowest BCUT2D eigenvalue weighted by Crippen LogP contribution is -2.38. The van der Waals surface area contributed by atoms with Crippen molar-refractivity contribution in [2.24, 2.45) is 5.92 Å². The molecule has 2 heterocycles. The Kier molecular flexibility index (Phi) is 7.21. The molecule has 4 rings (SSSR count). The summed E-state index contributed by atoms with van der Waals surface area (Å²) in [4.78, 5) is 15.7. The molecule has 0 unspecified atom stereocenters. The van der Waals surface area contributed by atoms with Gasteiger partial charge in [-0.2, -0.15) is 5.10 Å². The van der Waals surface area contributed by atoms with Crippen molar-refractivity contribution in [2.75, 3.05) is 11.1 Å². The Balaban J connectivity index is 1.60. The second-order valence-electron chi connectivity index (χ2n) is 7.73. The fourth-order valence-electron chi connectivity index (χ4n) is 3.70. The summed E-state index contributed by atoms with van der Waals surface area (Å²) in [5.74, 6) is 0.608. The Morgan fingerprint density at radius 1 is 1.19 bits per heavy atom. The van der Waals surface area contributed by atoms with Crippen molar-refractivity contribution in [3.8, 4) is 0 Å². The first-order valence-electron chi connectivity index (χ1n) is 10.4. The summed E-state index contributed by atoms with van der Waals surface area (Å²) < 4.78 is 12.8. The van der Waals surface area contributed by atoms with E-state index < -0.39 is 6.29 Å². The van der Waals surface area contributed by atoms with Gasteiger partial charge in [0.1, 0.15) is 6.33 Å². The van der Waals surface area contributed by atoms with Crippen LogP contribution >= 0.6 is 11.8 Å². The van der Waals surface area contributed by atoms with Crippen LogP contribution in [0, 0.1) is 5.92 Å². The van der Waals surface area contributed by atoms with Crippen molar-refractivity contribution in [3.63, 3.8) is 0 Å². The topological polar surface area (TPSA) is 109 Å². The van der Waals surface area contributed by atoms with Crippen molar-refractivity contribution in [1.29, 1.82) is 0 Å². The lowest BCUT2D eigenvalue weighted by Gasteiger charge is -2.41. The molecule has 1 aromatic heterocycles. The molecule has 1 amide bonds. The van der Waals surface area contributed by atoms with E-state index in [2.05, 4.69) is 27.4 Å². The molecule has 9 heteroatoms. The second-order valence-corrected chi connectivity index (χ2v) is 8.74. The molecular weight excluding hydrogens is 428 g/mol. The molecule has 1 aliphatic rings. The maximum atomic E-state index is 11.5. The van der Waals surface area contributed by atoms with Crippen LogP contribution in [0.5, 0.6) is 0 Å². The van der Waals surface area contributed by atoms with E-state index in [0.717, 1.165) is 21.8 Å². The number of H-pyrrole nitrogens is 1. The van der Waals surface area contributed by atoms with Gasteiger partial charge in [-0.05, 0) is 23.3 Å². The third-order valence-corrected chi connectivity index (χ3v) is 6.35. The van der Waals surface area contributed by atoms with E-state index in [1.807, 2.05) is 48.5 Å². The molecule has 1 saturated heterocycles. The molecule has 0 saturated carbocycles. The number of hydrogen-bond donors (Lipinski definition) is 3. The fourth-order valence-corrected chi connectivity index (χ4v) is 4.64. The van der Waals surface area contributed by atoms with Crippen LogP contribution in [0.15, 0.2) is 60.0 Å². The quantitative estimate of drug-likeness (QED) is 0.465. The number of rotatable bonds is 7. The average Bonchev–Trinajstić information content (AvgIpc) is 3.32. The van der Waals surface area contributed by atoms with E-state index in [0.29, 0.717) is 11.4 Å². The number of carbonyl (C=O) groups excluding carboxylic acids is 1. The molecule has 0 radical (unpaired) electrons. The summed E-state index contributed by atoms with van der Waals surface area (Å²) in [6.07, 6.45) is 0.572. The Morgan fingerprint density at radius 2 is 2.00 bits per heavy atom. The van der Waals surface area contributed by atoms with Gasteiger partial charge >= 0.3 is 0 Å². The Labute approximate surface area is 190 Å². The van der Waals surface area contributed by atoms with Crippen LogP contribution in [0.3, 0.4) is 0 Å². The van der Waals surface area contributed by atoms with Gasteiger partial charge < -0.3 is 19.9 Å². The molecule has 8 nitrogen and oxygen atoms in total. The van der Waals surface area contributed by atoms with Gasteiger partial charge in [-0.3, -0.25) is 9.89 Å². The number of nitrogens with one attached hydrogen (secondary N) is 2. The first-order valence-corrected chi connectivity index (χ1v) is 11.4. The van der Waals surface area contributed by atoms with Crippen molar-refractivity contribution >= 4 is 23.4 Å². The smallest absolute Gasteiger partial charge is 0.221 e. The number of thioether (sulfide) groups is 1. The number of aliphatic hydroxyl groups excluding tert-OH is 1. The number of benzene rings is 2. The zero-order chi connectivity index (χ0) is 22.5. The summed E-state index contributed by atoms with van der Waals surface area (Å²) in [5.41, 5.74) is 3.40. The number of amides is 1. The minimum atomic E-state index is -0.595. The minimum Gasteiger partial charge on any atom is -0.392 e. The highest BCUT2D eigenvalue weighted by Crippen LogP contribution is 2.43. The van der Waals surface area contributed by atoms with Crippen LogP contribution in [-0.4, -0.2) is 38.1 Å². The van der Waals surface area contributed by atoms with Crippen molar-refractivity contribution in [2.45, 2.75) is 44.1 Å². The maximum absolute atomic E-state index is 11.5. The van der Waals surface area contributed by atoms with Gasteiger partial charge in [0.25, 0.3) is 0 Å². The number of ether oxygens (including phenoxy) is 2. The largest absolute Gasteiger partial charge is 0.392 e. The Hall–Kier alpha value is -2.72. The van der Waals surface area contributed by atoms with E-state index in [9.17, 15) is 9.90 Å². The van der Waals surface area contributed by atoms with Gasteiger partial charge in [0.05, 0.1) is 18.8 Å². The Bertz CT molecular complexity index is 1030. The zero-order valence-electron chi connectivity index (χ0n) is 17.9. The van der Waals surface area contributed by atoms with Crippen molar-refractivity contribution in [3.05, 3.63) is 71.5 Å². The number of aliphatic hydroxyl groups is 1. The summed E-state index contributed by atoms with van der Waals surface area (Å²) in [7, 11) is 0. The predicted molar refractivity (Wildman–Crippen MR) is 121 cm³/mol. The monoisotopic (exact) mass is 454 g/mol. The van der Waals surface area contributed by atoms with Crippen LogP contribution < -0.4 is 5.32 Å². The van der Waals surface area contributed by atoms with Crippen LogP contribution in [0.1, 0.15) is 42.9 Å². The van der Waals surface area contributed by atoms with Gasteiger partial charge in [-0.1, -0.05) is 55.1 Å². The summed E-state index contributed by atoms with van der Waals surface area (Å²) in [5, 5.41) is 19.7. The van der Waals surface area contributed by atoms with Gasteiger partial charge in [-0.15, -0.1) is 0 Å². The molecule has 0 aliphatic carbocycles. The van der Waals surface area contributed by atoms with E-state index in [-0.39, 0.29) is 30.6 Å². The number of anilines is 1. The average molecular weight is 455 g/mol. The van der Waals surface area contributed by atoms with Gasteiger partial charge in [0, 0.05) is 29.8 Å². The number of aromatic nitrogens is 3. The third kappa shape index (κ3) is 5.36. The normalized spacial score (nSPS) is 23.1. The van der Waals surface area contributed by atoms with E-state index in [4.69, 9.17) is 9.47 Å². The van der Waals surface area contributed by atoms with Crippen LogP contribution in [0.25, 0.3) is 0 Å². The molecule has 32 heavy (non-hydrogen) atoms. The Morgan fingerprint density at radius 3 is 2.69 bits per heavy atom. The second kappa shape index (κ2) is 10.3. The number of hydrogen-bond acceptors (Lipinski definition) is 7. The molecule has 1 fully saturated rings. The molecule has 1 aliphatic heterocycles. The van der Waals surface area contributed by atoms with E-state index in [1.165, 1.54) is 13.3 Å². The highest BCUT2D eigenvalue weighted by atomic mass is 32.2. The third-order valence-electron chi connectivity index (χ3n) is 5.38. The number of nitrogens with zero attached hydrogens (tertiary/aromatic N) is 2. The van der Waals surface area contributed by atoms with Crippen molar-refractivity contribution in [1.82, 2.24) is 15.2 Å². The predicted octanol–water partition coefficient (Wildman–Crippen LogP) is 3.84. The maximum Gasteiger partial charge on any atom is 0.221 e. The number of aromatic amines is 1. The summed E-state index contributed by atoms with van der Waals surface area (Å²) in [6, 6.07) is 15.3. The molecule has 0 spiro atoms. The van der Waals surface area contributed by atoms with E-state index >= 15 is 0 Å². The fraction of sp³-hybridized carbons (Fsp3) is 0.348. The molecule has 168 valence electrons. The molecule has 4 atom stereocenters. The molecular formula is C23H26N4O4S. The minimum absolute atomic E-state index is 0.000514. The van der Waals surface area contributed by atoms with E-state index in [1.54, 1.807) is 11.8 Å². The first kappa shape index (κ1) is 22.5. The number of carbonyl (C=O) groups is 1. The molecule has 0 bridgehead atoms. The SMILES string of the molecule is CC(=O)Nc1cccc([C@H]2O[C@@H](CSc3ncn[nH]3)[C@@H](C)[C@@H](c3ccc(CO)cc3)O2)c1. The molecule has 3 aromatic rings. The summed E-state index contributed by atoms with van der Waals surface area (Å²) >= 11 is 1.55. The molecule has 2 aromatic carbocycles. The van der Waals surface area contributed by atoms with Gasteiger partial charge in [0.15, 0.2) is 11.4 Å².